The molecule has 1 aromatic heterocycles. The van der Waals surface area contributed by atoms with Crippen LogP contribution in [0, 0.1) is 0 Å². The van der Waals surface area contributed by atoms with E-state index in [1.165, 1.54) is 18.1 Å². The van der Waals surface area contributed by atoms with E-state index in [1.54, 1.807) is 40.6 Å². The Hall–Kier alpha value is -3.68. The normalized spacial score (nSPS) is 13.6. The Morgan fingerprint density at radius 1 is 1.10 bits per heavy atom. The molecule has 0 spiro atoms. The summed E-state index contributed by atoms with van der Waals surface area (Å²) in [6.07, 6.45) is -4.40. The zero-order chi connectivity index (χ0) is 30.3. The number of carbonyl (C=O) groups is 3. The number of methoxy groups -OCH3 is 1. The molecule has 14 heteroatoms. The average Bonchev–Trinajstić information content (AvgIpc) is 3.41. The number of ether oxygens (including phenoxy) is 1. The van der Waals surface area contributed by atoms with Gasteiger partial charge in [-0.25, -0.2) is 4.98 Å². The summed E-state index contributed by atoms with van der Waals surface area (Å²) in [6.45, 7) is 1.67. The Balaban J connectivity index is 1.29. The number of hydrogen-bond acceptors (Lipinski definition) is 7. The third-order valence-corrected chi connectivity index (χ3v) is 7.73. The van der Waals surface area contributed by atoms with Gasteiger partial charge in [-0.05, 0) is 30.3 Å². The molecule has 0 aliphatic carbocycles. The summed E-state index contributed by atoms with van der Waals surface area (Å²) in [5, 5.41) is 4.90. The van der Waals surface area contributed by atoms with Crippen LogP contribution in [0.15, 0.2) is 53.9 Å². The first-order valence-corrected chi connectivity index (χ1v) is 14.3. The van der Waals surface area contributed by atoms with Crippen molar-refractivity contribution in [1.82, 2.24) is 14.8 Å². The molecule has 3 aromatic rings. The van der Waals surface area contributed by atoms with E-state index in [4.69, 9.17) is 16.3 Å². The quantitative estimate of drug-likeness (QED) is 0.359. The molecule has 0 radical (unpaired) electrons. The molecular weight excluding hydrogens is 595 g/mol. The summed E-state index contributed by atoms with van der Waals surface area (Å²) >= 11 is 7.32. The number of carbonyl (C=O) groups excluding carboxylic acids is 3. The minimum atomic E-state index is -4.42. The molecule has 0 bridgehead atoms. The first kappa shape index (κ1) is 31.3. The highest BCUT2D eigenvalue weighted by atomic mass is 35.5. The van der Waals surface area contributed by atoms with Crippen LogP contribution in [0.1, 0.15) is 21.6 Å². The number of hydrogen-bond donors (Lipinski definition) is 1. The summed E-state index contributed by atoms with van der Waals surface area (Å²) in [6, 6.07) is 11.7. The molecule has 0 unspecified atom stereocenters. The lowest BCUT2D eigenvalue weighted by Crippen LogP contribution is -2.49. The number of alkyl halides is 3. The van der Waals surface area contributed by atoms with Crippen molar-refractivity contribution >= 4 is 51.5 Å². The fraction of sp³-hybridized carbons (Fsp3) is 0.357. The summed E-state index contributed by atoms with van der Waals surface area (Å²) in [5.41, 5.74) is 0.503. The van der Waals surface area contributed by atoms with E-state index in [1.807, 2.05) is 4.90 Å². The third kappa shape index (κ3) is 8.20. The molecule has 4 rings (SSSR count). The Morgan fingerprint density at radius 2 is 1.83 bits per heavy atom. The van der Waals surface area contributed by atoms with Crippen molar-refractivity contribution in [3.05, 3.63) is 75.8 Å². The highest BCUT2D eigenvalue weighted by Gasteiger charge is 2.31. The van der Waals surface area contributed by atoms with Gasteiger partial charge in [0.25, 0.3) is 5.91 Å². The van der Waals surface area contributed by atoms with Crippen LogP contribution in [0.2, 0.25) is 5.02 Å². The van der Waals surface area contributed by atoms with E-state index in [2.05, 4.69) is 10.3 Å². The van der Waals surface area contributed by atoms with E-state index >= 15 is 0 Å². The van der Waals surface area contributed by atoms with Gasteiger partial charge in [0.05, 0.1) is 34.9 Å². The summed E-state index contributed by atoms with van der Waals surface area (Å²) in [5.74, 6) is -1.05. The molecule has 0 saturated carbocycles. The number of piperazine rings is 1. The highest BCUT2D eigenvalue weighted by Crippen LogP contribution is 2.32. The molecule has 3 amide bonds. The fourth-order valence-electron chi connectivity index (χ4n) is 4.40. The lowest BCUT2D eigenvalue weighted by molar-refractivity contribution is -0.137. The largest absolute Gasteiger partial charge is 0.416 e. The van der Waals surface area contributed by atoms with E-state index < -0.39 is 23.6 Å². The van der Waals surface area contributed by atoms with Crippen molar-refractivity contribution in [2.24, 2.45) is 0 Å². The van der Waals surface area contributed by atoms with Crippen molar-refractivity contribution in [2.45, 2.75) is 12.6 Å². The summed E-state index contributed by atoms with van der Waals surface area (Å²) < 4.78 is 44.3. The second-order valence-electron chi connectivity index (χ2n) is 9.48. The first-order valence-electron chi connectivity index (χ1n) is 13.0. The SMILES string of the molecule is COCCN(CC(=O)Nc1nc(CC(=O)N2CCN(c3cccc(C(F)(F)F)c3)CC2)cs1)C(=O)c1ccccc1Cl. The maximum Gasteiger partial charge on any atom is 0.416 e. The van der Waals surface area contributed by atoms with E-state index in [9.17, 15) is 27.6 Å². The molecule has 2 aromatic carbocycles. The Labute approximate surface area is 249 Å². The van der Waals surface area contributed by atoms with Gasteiger partial charge in [0, 0.05) is 50.9 Å². The lowest BCUT2D eigenvalue weighted by Gasteiger charge is -2.36. The van der Waals surface area contributed by atoms with Gasteiger partial charge >= 0.3 is 6.18 Å². The van der Waals surface area contributed by atoms with Gasteiger partial charge in [0.2, 0.25) is 11.8 Å². The lowest BCUT2D eigenvalue weighted by atomic mass is 10.1. The van der Waals surface area contributed by atoms with Gasteiger partial charge in [0.1, 0.15) is 6.54 Å². The molecule has 1 aliphatic heterocycles. The van der Waals surface area contributed by atoms with Crippen LogP contribution in [-0.4, -0.2) is 85.5 Å². The first-order chi connectivity index (χ1) is 20.0. The predicted molar refractivity (Wildman–Crippen MR) is 154 cm³/mol. The molecule has 0 atom stereocenters. The van der Waals surface area contributed by atoms with E-state index in [0.717, 1.165) is 23.5 Å². The van der Waals surface area contributed by atoms with Crippen LogP contribution in [0.25, 0.3) is 0 Å². The summed E-state index contributed by atoms with van der Waals surface area (Å²) in [4.78, 5) is 47.8. The molecule has 9 nitrogen and oxygen atoms in total. The Kier molecular flexibility index (Phi) is 10.4. The van der Waals surface area contributed by atoms with Crippen molar-refractivity contribution < 1.29 is 32.3 Å². The highest BCUT2D eigenvalue weighted by molar-refractivity contribution is 7.13. The smallest absolute Gasteiger partial charge is 0.383 e. The van der Waals surface area contributed by atoms with Gasteiger partial charge in [-0.1, -0.05) is 29.8 Å². The van der Waals surface area contributed by atoms with Gasteiger partial charge in [0.15, 0.2) is 5.13 Å². The molecule has 1 aliphatic rings. The second-order valence-corrected chi connectivity index (χ2v) is 10.7. The van der Waals surface area contributed by atoms with Crippen LogP contribution < -0.4 is 10.2 Å². The predicted octanol–water partition coefficient (Wildman–Crippen LogP) is 4.43. The topological polar surface area (TPSA) is 95.1 Å². The van der Waals surface area contributed by atoms with Crippen molar-refractivity contribution in [2.75, 3.05) is 63.2 Å². The van der Waals surface area contributed by atoms with Crippen molar-refractivity contribution in [3.8, 4) is 0 Å². The number of nitrogens with one attached hydrogen (secondary N) is 1. The van der Waals surface area contributed by atoms with Crippen molar-refractivity contribution in [3.63, 3.8) is 0 Å². The maximum absolute atomic E-state index is 13.1. The van der Waals surface area contributed by atoms with Crippen LogP contribution >= 0.6 is 22.9 Å². The van der Waals surface area contributed by atoms with Crippen LogP contribution in [0.5, 0.6) is 0 Å². The minimum Gasteiger partial charge on any atom is -0.383 e. The molecule has 224 valence electrons. The van der Waals surface area contributed by atoms with Gasteiger partial charge in [-0.3, -0.25) is 14.4 Å². The molecule has 1 fully saturated rings. The van der Waals surface area contributed by atoms with E-state index in [0.29, 0.717) is 37.6 Å². The van der Waals surface area contributed by atoms with Gasteiger partial charge in [-0.15, -0.1) is 11.3 Å². The zero-order valence-electron chi connectivity index (χ0n) is 22.7. The molecular formula is C28H29ClF3N5O4S. The number of aromatic nitrogens is 1. The number of halogens is 4. The maximum atomic E-state index is 13.1. The number of rotatable bonds is 10. The Bertz CT molecular complexity index is 1410. The van der Waals surface area contributed by atoms with Crippen LogP contribution in [0.3, 0.4) is 0 Å². The Morgan fingerprint density at radius 3 is 2.52 bits per heavy atom. The van der Waals surface area contributed by atoms with Crippen LogP contribution in [-0.2, 0) is 26.9 Å². The van der Waals surface area contributed by atoms with Gasteiger partial charge in [-0.2, -0.15) is 13.2 Å². The number of amides is 3. The minimum absolute atomic E-state index is 0.0148. The summed E-state index contributed by atoms with van der Waals surface area (Å²) in [7, 11) is 1.49. The van der Waals surface area contributed by atoms with E-state index in [-0.39, 0.29) is 47.7 Å². The average molecular weight is 624 g/mol. The fourth-order valence-corrected chi connectivity index (χ4v) is 5.34. The third-order valence-electron chi connectivity index (χ3n) is 6.59. The zero-order valence-corrected chi connectivity index (χ0v) is 24.3. The number of nitrogens with zero attached hydrogens (tertiary/aromatic N) is 4. The number of thiazole rings is 1. The molecule has 1 N–H and O–H groups in total. The standard InChI is InChI=1S/C28H29ClF3N5O4S/c1-41-14-13-37(26(40)22-7-2-3-8-23(22)29)17-24(38)34-27-33-20(18-42-27)16-25(39)36-11-9-35(10-12-36)21-6-4-5-19(15-21)28(30,31)32/h2-8,15,18H,9-14,16-17H2,1H3,(H,33,34,38). The van der Waals surface area contributed by atoms with Gasteiger partial charge < -0.3 is 24.8 Å². The van der Waals surface area contributed by atoms with Crippen molar-refractivity contribution in [1.29, 1.82) is 0 Å². The second kappa shape index (κ2) is 14.0. The molecule has 2 heterocycles. The monoisotopic (exact) mass is 623 g/mol. The van der Waals surface area contributed by atoms with Crippen LogP contribution in [0.4, 0.5) is 24.0 Å². The number of benzene rings is 2. The molecule has 1 saturated heterocycles. The molecule has 42 heavy (non-hydrogen) atoms. The number of anilines is 2.